The van der Waals surface area contributed by atoms with E-state index < -0.39 is 0 Å². The van der Waals surface area contributed by atoms with Crippen LogP contribution in [0.4, 0.5) is 0 Å². The van der Waals surface area contributed by atoms with E-state index in [9.17, 15) is 4.79 Å². The van der Waals surface area contributed by atoms with Gasteiger partial charge < -0.3 is 0 Å². The second-order valence-corrected chi connectivity index (χ2v) is 8.65. The number of hydrogen-bond acceptors (Lipinski definition) is 2. The second kappa shape index (κ2) is 9.01. The highest BCUT2D eigenvalue weighted by Gasteiger charge is 2.33. The molecule has 0 radical (unpaired) electrons. The largest absolute Gasteiger partial charge is 0.273 e. The highest BCUT2D eigenvalue weighted by molar-refractivity contribution is 5.86. The molecular weight excluding hydrogens is 296 g/mol. The van der Waals surface area contributed by atoms with Crippen molar-refractivity contribution in [2.75, 3.05) is 0 Å². The molecule has 3 atom stereocenters. The van der Waals surface area contributed by atoms with Gasteiger partial charge in [-0.2, -0.15) is 5.10 Å². The predicted octanol–water partition coefficient (Wildman–Crippen LogP) is 5.45. The Balaban J connectivity index is 1.39. The summed E-state index contributed by atoms with van der Waals surface area (Å²) >= 11 is 0. The van der Waals surface area contributed by atoms with Gasteiger partial charge in [0.25, 0.3) is 0 Å². The highest BCUT2D eigenvalue weighted by Crippen LogP contribution is 2.42. The lowest BCUT2D eigenvalue weighted by atomic mass is 9.67. The lowest BCUT2D eigenvalue weighted by molar-refractivity contribution is -0.121. The van der Waals surface area contributed by atoms with Crippen LogP contribution in [0, 0.1) is 23.7 Å². The van der Waals surface area contributed by atoms with Crippen LogP contribution >= 0.6 is 0 Å². The van der Waals surface area contributed by atoms with Crippen LogP contribution in [0.15, 0.2) is 5.10 Å². The summed E-state index contributed by atoms with van der Waals surface area (Å²) in [7, 11) is 0. The zero-order valence-corrected chi connectivity index (χ0v) is 15.6. The zero-order valence-electron chi connectivity index (χ0n) is 15.6. The summed E-state index contributed by atoms with van der Waals surface area (Å²) in [4.78, 5) is 12.1. The van der Waals surface area contributed by atoms with Crippen LogP contribution in [-0.2, 0) is 4.79 Å². The van der Waals surface area contributed by atoms with Crippen LogP contribution in [0.5, 0.6) is 0 Å². The van der Waals surface area contributed by atoms with E-state index in [0.29, 0.717) is 12.3 Å². The Hall–Kier alpha value is -0.860. The van der Waals surface area contributed by atoms with Gasteiger partial charge in [0, 0.05) is 12.1 Å². The Morgan fingerprint density at radius 1 is 0.917 bits per heavy atom. The number of carbonyl (C=O) groups excluding carboxylic acids is 1. The van der Waals surface area contributed by atoms with Crippen molar-refractivity contribution in [1.29, 1.82) is 0 Å². The van der Waals surface area contributed by atoms with Gasteiger partial charge in [-0.1, -0.05) is 57.8 Å². The molecule has 0 saturated heterocycles. The number of amides is 1. The molecule has 0 aromatic carbocycles. The maximum atomic E-state index is 12.1. The quantitative estimate of drug-likeness (QED) is 0.528. The third kappa shape index (κ3) is 5.07. The molecule has 3 unspecified atom stereocenters. The lowest BCUT2D eigenvalue weighted by Crippen LogP contribution is -2.31. The van der Waals surface area contributed by atoms with Crippen molar-refractivity contribution in [2.24, 2.45) is 28.8 Å². The van der Waals surface area contributed by atoms with E-state index in [1.165, 1.54) is 77.0 Å². The van der Waals surface area contributed by atoms with E-state index in [1.807, 2.05) is 0 Å². The van der Waals surface area contributed by atoms with Gasteiger partial charge in [0.1, 0.15) is 0 Å². The van der Waals surface area contributed by atoms with Crippen molar-refractivity contribution in [3.05, 3.63) is 0 Å². The van der Waals surface area contributed by atoms with Crippen molar-refractivity contribution in [3.8, 4) is 0 Å². The Kier molecular flexibility index (Phi) is 6.74. The van der Waals surface area contributed by atoms with Gasteiger partial charge in [-0.3, -0.25) is 4.79 Å². The Morgan fingerprint density at radius 2 is 1.62 bits per heavy atom. The summed E-state index contributed by atoms with van der Waals surface area (Å²) in [6.07, 6.45) is 18.1. The molecule has 0 aromatic rings. The van der Waals surface area contributed by atoms with E-state index in [2.05, 4.69) is 17.5 Å². The highest BCUT2D eigenvalue weighted by atomic mass is 16.2. The molecular formula is C21H36N2O. The number of carbonyl (C=O) groups is 1. The van der Waals surface area contributed by atoms with Gasteiger partial charge in [0.05, 0.1) is 0 Å². The summed E-state index contributed by atoms with van der Waals surface area (Å²) in [6, 6.07) is 0. The molecule has 3 saturated carbocycles. The average molecular weight is 333 g/mol. The van der Waals surface area contributed by atoms with Gasteiger partial charge >= 0.3 is 0 Å². The number of nitrogens with zero attached hydrogens (tertiary/aromatic N) is 1. The fourth-order valence-corrected chi connectivity index (χ4v) is 5.36. The van der Waals surface area contributed by atoms with Crippen molar-refractivity contribution >= 4 is 11.6 Å². The van der Waals surface area contributed by atoms with Crippen molar-refractivity contribution in [3.63, 3.8) is 0 Å². The molecule has 1 N–H and O–H groups in total. The molecule has 3 fully saturated rings. The number of nitrogens with one attached hydrogen (secondary N) is 1. The minimum Gasteiger partial charge on any atom is -0.273 e. The van der Waals surface area contributed by atoms with Crippen molar-refractivity contribution in [2.45, 2.75) is 96.8 Å². The Labute approximate surface area is 148 Å². The first-order valence-electron chi connectivity index (χ1n) is 10.6. The smallest absolute Gasteiger partial charge is 0.240 e. The maximum Gasteiger partial charge on any atom is 0.240 e. The van der Waals surface area contributed by atoms with E-state index in [-0.39, 0.29) is 5.91 Å². The summed E-state index contributed by atoms with van der Waals surface area (Å²) in [6.45, 7) is 2.12. The molecule has 24 heavy (non-hydrogen) atoms. The van der Waals surface area contributed by atoms with Crippen LogP contribution in [0.3, 0.4) is 0 Å². The fraction of sp³-hybridized carbons (Fsp3) is 0.905. The first-order valence-corrected chi connectivity index (χ1v) is 10.6. The molecule has 3 nitrogen and oxygen atoms in total. The van der Waals surface area contributed by atoms with E-state index >= 15 is 0 Å². The molecule has 0 heterocycles. The first kappa shape index (κ1) is 17.9. The molecule has 0 aromatic heterocycles. The summed E-state index contributed by atoms with van der Waals surface area (Å²) in [5.74, 6) is 3.39. The molecule has 3 aliphatic rings. The average Bonchev–Trinajstić information content (AvgIpc) is 2.65. The van der Waals surface area contributed by atoms with Crippen molar-refractivity contribution in [1.82, 2.24) is 5.43 Å². The number of fused-ring (bicyclic) bond motifs is 1. The van der Waals surface area contributed by atoms with Crippen LogP contribution in [-0.4, -0.2) is 11.6 Å². The van der Waals surface area contributed by atoms with E-state index in [4.69, 9.17) is 0 Å². The Morgan fingerprint density at radius 3 is 2.42 bits per heavy atom. The molecule has 0 bridgehead atoms. The zero-order chi connectivity index (χ0) is 16.8. The van der Waals surface area contributed by atoms with Crippen LogP contribution in [0.1, 0.15) is 96.8 Å². The van der Waals surface area contributed by atoms with Gasteiger partial charge in [0.15, 0.2) is 0 Å². The predicted molar refractivity (Wildman–Crippen MR) is 99.8 cm³/mol. The lowest BCUT2D eigenvalue weighted by Gasteiger charge is -2.39. The number of hydrogen-bond donors (Lipinski definition) is 1. The minimum absolute atomic E-state index is 0.117. The third-order valence-corrected chi connectivity index (χ3v) is 6.99. The SMILES string of the molecule is C/C(=N/NC(=O)CCC1CCCCC1)C1CCC2CCCCC2C1. The number of hydrazone groups is 1. The normalized spacial score (nSPS) is 32.2. The molecule has 1 amide bonds. The van der Waals surface area contributed by atoms with Gasteiger partial charge in [0.2, 0.25) is 5.91 Å². The van der Waals surface area contributed by atoms with Crippen LogP contribution in [0.25, 0.3) is 0 Å². The summed E-state index contributed by atoms with van der Waals surface area (Å²) < 4.78 is 0. The fourth-order valence-electron chi connectivity index (χ4n) is 5.36. The Bertz CT molecular complexity index is 439. The second-order valence-electron chi connectivity index (χ2n) is 8.65. The molecule has 0 spiro atoms. The van der Waals surface area contributed by atoms with Gasteiger partial charge in [-0.15, -0.1) is 0 Å². The van der Waals surface area contributed by atoms with Crippen LogP contribution in [0.2, 0.25) is 0 Å². The topological polar surface area (TPSA) is 41.5 Å². The van der Waals surface area contributed by atoms with Crippen molar-refractivity contribution < 1.29 is 4.79 Å². The van der Waals surface area contributed by atoms with Gasteiger partial charge in [-0.05, 0) is 56.3 Å². The minimum atomic E-state index is 0.117. The first-order chi connectivity index (χ1) is 11.7. The molecule has 3 heteroatoms. The molecule has 3 rings (SSSR count). The van der Waals surface area contributed by atoms with E-state index in [0.717, 1.165) is 29.9 Å². The van der Waals surface area contributed by atoms with Crippen LogP contribution < -0.4 is 5.43 Å². The number of rotatable bonds is 5. The molecule has 0 aliphatic heterocycles. The monoisotopic (exact) mass is 332 g/mol. The third-order valence-electron chi connectivity index (χ3n) is 6.99. The maximum absolute atomic E-state index is 12.1. The molecule has 3 aliphatic carbocycles. The standard InChI is InChI=1S/C21H36N2O/c1-16(19-13-12-18-9-5-6-10-20(18)15-19)22-23-21(24)14-11-17-7-3-2-4-8-17/h17-20H,2-15H2,1H3,(H,23,24)/b22-16-. The summed E-state index contributed by atoms with van der Waals surface area (Å²) in [5, 5.41) is 4.47. The van der Waals surface area contributed by atoms with E-state index in [1.54, 1.807) is 0 Å². The summed E-state index contributed by atoms with van der Waals surface area (Å²) in [5.41, 5.74) is 4.00. The van der Waals surface area contributed by atoms with Gasteiger partial charge in [-0.25, -0.2) is 5.43 Å². The molecule has 136 valence electrons.